The molecule has 1 fully saturated rings. The molecule has 0 amide bonds. The third kappa shape index (κ3) is 8.52. The van der Waals surface area contributed by atoms with E-state index in [1.54, 1.807) is 0 Å². The second-order valence-electron chi connectivity index (χ2n) is 6.99. The van der Waals surface area contributed by atoms with Crippen molar-refractivity contribution < 1.29 is 9.84 Å². The molecule has 4 nitrogen and oxygen atoms in total. The summed E-state index contributed by atoms with van der Waals surface area (Å²) < 4.78 is 5.75. The van der Waals surface area contributed by atoms with Gasteiger partial charge in [-0.3, -0.25) is 0 Å². The standard InChI is InChI=1S/C20H33ClN2O2/c1-17(18-7-9-19(21)10-8-18)25-16-20(24)15-22-11-6-14-23-12-4-2-3-5-13-23/h7-10,17,20,22,24H,2-6,11-16H2,1H3. The van der Waals surface area contributed by atoms with Crippen molar-refractivity contribution in [2.24, 2.45) is 0 Å². The number of aliphatic hydroxyl groups excluding tert-OH is 1. The maximum atomic E-state index is 10.1. The molecule has 1 aliphatic heterocycles. The topological polar surface area (TPSA) is 44.7 Å². The molecule has 1 aromatic carbocycles. The Morgan fingerprint density at radius 3 is 2.52 bits per heavy atom. The fourth-order valence-electron chi connectivity index (χ4n) is 3.20. The van der Waals surface area contributed by atoms with Crippen LogP contribution in [0.4, 0.5) is 0 Å². The van der Waals surface area contributed by atoms with Crippen LogP contribution in [0.1, 0.15) is 50.7 Å². The quantitative estimate of drug-likeness (QED) is 0.619. The molecule has 1 saturated heterocycles. The number of halogens is 1. The first-order valence-electron chi connectivity index (χ1n) is 9.63. The van der Waals surface area contributed by atoms with Gasteiger partial charge in [0.25, 0.3) is 0 Å². The van der Waals surface area contributed by atoms with Crippen molar-refractivity contribution in [3.63, 3.8) is 0 Å². The van der Waals surface area contributed by atoms with Crippen molar-refractivity contribution in [3.05, 3.63) is 34.9 Å². The van der Waals surface area contributed by atoms with E-state index in [4.69, 9.17) is 16.3 Å². The number of hydrogen-bond acceptors (Lipinski definition) is 4. The summed E-state index contributed by atoms with van der Waals surface area (Å²) >= 11 is 5.89. The van der Waals surface area contributed by atoms with E-state index in [9.17, 15) is 5.11 Å². The Hall–Kier alpha value is -0.650. The summed E-state index contributed by atoms with van der Waals surface area (Å²) in [5.74, 6) is 0. The van der Waals surface area contributed by atoms with E-state index in [0.717, 1.165) is 30.1 Å². The van der Waals surface area contributed by atoms with Crippen LogP contribution in [-0.4, -0.2) is 55.4 Å². The van der Waals surface area contributed by atoms with Crippen LogP contribution in [0.25, 0.3) is 0 Å². The van der Waals surface area contributed by atoms with Crippen LogP contribution < -0.4 is 5.32 Å². The zero-order valence-corrected chi connectivity index (χ0v) is 16.2. The summed E-state index contributed by atoms with van der Waals surface area (Å²) in [7, 11) is 0. The number of likely N-dealkylation sites (tertiary alicyclic amines) is 1. The minimum Gasteiger partial charge on any atom is -0.389 e. The molecule has 5 heteroatoms. The number of ether oxygens (including phenoxy) is 1. The van der Waals surface area contributed by atoms with Crippen molar-refractivity contribution in [3.8, 4) is 0 Å². The minimum atomic E-state index is -0.479. The van der Waals surface area contributed by atoms with Crippen LogP contribution in [0.3, 0.4) is 0 Å². The Bertz CT molecular complexity index is 461. The molecule has 142 valence electrons. The Kier molecular flexibility index (Phi) is 9.81. The molecule has 2 N–H and O–H groups in total. The predicted octanol–water partition coefficient (Wildman–Crippen LogP) is 3.63. The van der Waals surface area contributed by atoms with Gasteiger partial charge in [0.15, 0.2) is 0 Å². The Morgan fingerprint density at radius 2 is 1.84 bits per heavy atom. The first-order valence-corrected chi connectivity index (χ1v) is 10.0. The summed E-state index contributed by atoms with van der Waals surface area (Å²) in [5, 5.41) is 14.1. The number of nitrogens with one attached hydrogen (secondary N) is 1. The molecule has 0 spiro atoms. The number of benzene rings is 1. The average Bonchev–Trinajstić information content (AvgIpc) is 2.89. The van der Waals surface area contributed by atoms with E-state index in [-0.39, 0.29) is 6.10 Å². The number of aliphatic hydroxyl groups is 1. The Morgan fingerprint density at radius 1 is 1.16 bits per heavy atom. The smallest absolute Gasteiger partial charge is 0.0897 e. The van der Waals surface area contributed by atoms with Gasteiger partial charge in [-0.15, -0.1) is 0 Å². The van der Waals surface area contributed by atoms with Gasteiger partial charge in [0, 0.05) is 11.6 Å². The molecule has 25 heavy (non-hydrogen) atoms. The van der Waals surface area contributed by atoms with E-state index in [1.807, 2.05) is 31.2 Å². The van der Waals surface area contributed by atoms with Crippen molar-refractivity contribution in [2.75, 3.05) is 39.3 Å². The normalized spacial score (nSPS) is 18.7. The highest BCUT2D eigenvalue weighted by atomic mass is 35.5. The maximum absolute atomic E-state index is 10.1. The van der Waals surface area contributed by atoms with Crippen LogP contribution in [0.2, 0.25) is 5.02 Å². The van der Waals surface area contributed by atoms with Gasteiger partial charge in [0.1, 0.15) is 0 Å². The van der Waals surface area contributed by atoms with Crippen molar-refractivity contribution >= 4 is 11.6 Å². The van der Waals surface area contributed by atoms with E-state index >= 15 is 0 Å². The van der Waals surface area contributed by atoms with Gasteiger partial charge in [-0.05, 0) is 70.1 Å². The highest BCUT2D eigenvalue weighted by Crippen LogP contribution is 2.19. The van der Waals surface area contributed by atoms with Gasteiger partial charge in [0.05, 0.1) is 18.8 Å². The summed E-state index contributed by atoms with van der Waals surface area (Å²) in [6, 6.07) is 7.64. The molecule has 1 heterocycles. The SMILES string of the molecule is CC(OCC(O)CNCCCN1CCCCCC1)c1ccc(Cl)cc1. The molecule has 0 radical (unpaired) electrons. The van der Waals surface area contributed by atoms with Gasteiger partial charge in [-0.25, -0.2) is 0 Å². The molecule has 0 aliphatic carbocycles. The van der Waals surface area contributed by atoms with Gasteiger partial charge in [-0.2, -0.15) is 0 Å². The third-order valence-electron chi connectivity index (χ3n) is 4.78. The van der Waals surface area contributed by atoms with E-state index in [2.05, 4.69) is 10.2 Å². The molecule has 0 saturated carbocycles. The van der Waals surface area contributed by atoms with E-state index in [1.165, 1.54) is 38.8 Å². The summed E-state index contributed by atoms with van der Waals surface area (Å²) in [6.07, 6.45) is 6.06. The molecule has 0 bridgehead atoms. The molecule has 0 aromatic heterocycles. The van der Waals surface area contributed by atoms with Crippen LogP contribution >= 0.6 is 11.6 Å². The monoisotopic (exact) mass is 368 g/mol. The van der Waals surface area contributed by atoms with Gasteiger partial charge < -0.3 is 20.1 Å². The summed E-state index contributed by atoms with van der Waals surface area (Å²) in [6.45, 7) is 7.51. The highest BCUT2D eigenvalue weighted by Gasteiger charge is 2.11. The van der Waals surface area contributed by atoms with Crippen molar-refractivity contribution in [1.82, 2.24) is 10.2 Å². The zero-order chi connectivity index (χ0) is 17.9. The first kappa shape index (κ1) is 20.7. The first-order chi connectivity index (χ1) is 12.1. The lowest BCUT2D eigenvalue weighted by atomic mass is 10.1. The predicted molar refractivity (Wildman–Crippen MR) is 104 cm³/mol. The lowest BCUT2D eigenvalue weighted by Crippen LogP contribution is -2.33. The molecule has 1 aliphatic rings. The lowest BCUT2D eigenvalue weighted by Gasteiger charge is -2.20. The van der Waals surface area contributed by atoms with E-state index in [0.29, 0.717) is 13.2 Å². The number of nitrogens with zero attached hydrogens (tertiary/aromatic N) is 1. The fourth-order valence-corrected chi connectivity index (χ4v) is 3.33. The molecule has 2 rings (SSSR count). The van der Waals surface area contributed by atoms with Gasteiger partial charge in [-0.1, -0.05) is 36.6 Å². The molecule has 2 unspecified atom stereocenters. The van der Waals surface area contributed by atoms with E-state index < -0.39 is 6.10 Å². The number of hydrogen-bond donors (Lipinski definition) is 2. The average molecular weight is 369 g/mol. The second kappa shape index (κ2) is 11.9. The zero-order valence-electron chi connectivity index (χ0n) is 15.4. The molecular weight excluding hydrogens is 336 g/mol. The second-order valence-corrected chi connectivity index (χ2v) is 7.43. The maximum Gasteiger partial charge on any atom is 0.0897 e. The third-order valence-corrected chi connectivity index (χ3v) is 5.04. The summed E-state index contributed by atoms with van der Waals surface area (Å²) in [5.41, 5.74) is 1.07. The number of rotatable bonds is 10. The van der Waals surface area contributed by atoms with Crippen LogP contribution in [0.5, 0.6) is 0 Å². The van der Waals surface area contributed by atoms with Crippen LogP contribution in [0, 0.1) is 0 Å². The Labute approximate surface area is 157 Å². The van der Waals surface area contributed by atoms with Crippen LogP contribution in [-0.2, 0) is 4.74 Å². The van der Waals surface area contributed by atoms with Crippen molar-refractivity contribution in [2.45, 2.75) is 51.2 Å². The van der Waals surface area contributed by atoms with Crippen molar-refractivity contribution in [1.29, 1.82) is 0 Å². The molecule has 1 aromatic rings. The fraction of sp³-hybridized carbons (Fsp3) is 0.700. The largest absolute Gasteiger partial charge is 0.389 e. The lowest BCUT2D eigenvalue weighted by molar-refractivity contribution is -0.00200. The summed E-state index contributed by atoms with van der Waals surface area (Å²) in [4.78, 5) is 2.57. The highest BCUT2D eigenvalue weighted by molar-refractivity contribution is 6.30. The van der Waals surface area contributed by atoms with Crippen LogP contribution in [0.15, 0.2) is 24.3 Å². The Balaban J connectivity index is 1.51. The van der Waals surface area contributed by atoms with Gasteiger partial charge >= 0.3 is 0 Å². The molecular formula is C20H33ClN2O2. The molecule has 2 atom stereocenters. The van der Waals surface area contributed by atoms with Gasteiger partial charge in [0.2, 0.25) is 0 Å². The minimum absolute atomic E-state index is 0.0463.